The Kier molecular flexibility index (Phi) is 4.39. The Labute approximate surface area is 130 Å². The Balaban J connectivity index is 2.03. The van der Waals surface area contributed by atoms with Crippen LogP contribution in [0.3, 0.4) is 0 Å². The van der Waals surface area contributed by atoms with Gasteiger partial charge in [0.2, 0.25) is 0 Å². The minimum atomic E-state index is -0.481. The zero-order valence-corrected chi connectivity index (χ0v) is 13.2. The van der Waals surface area contributed by atoms with E-state index in [0.717, 1.165) is 0 Å². The Bertz CT molecular complexity index is 616. The SMILES string of the molecule is COc1cc([C@@H]2[C@H]3CCCC[C@H]3C=C[C@H]2C)oc(=O)c1CO. The molecule has 2 aliphatic rings. The van der Waals surface area contributed by atoms with Crippen LogP contribution in [0, 0.1) is 17.8 Å². The summed E-state index contributed by atoms with van der Waals surface area (Å²) in [6.07, 6.45) is 9.53. The monoisotopic (exact) mass is 304 g/mol. The maximum absolute atomic E-state index is 12.1. The van der Waals surface area contributed by atoms with Crippen molar-refractivity contribution >= 4 is 0 Å². The van der Waals surface area contributed by atoms with Crippen LogP contribution in [0.15, 0.2) is 27.4 Å². The van der Waals surface area contributed by atoms with Crippen molar-refractivity contribution in [1.29, 1.82) is 0 Å². The van der Waals surface area contributed by atoms with Crippen LogP contribution in [0.25, 0.3) is 0 Å². The highest BCUT2D eigenvalue weighted by Gasteiger charge is 2.38. The third-order valence-corrected chi connectivity index (χ3v) is 5.30. The molecule has 22 heavy (non-hydrogen) atoms. The number of allylic oxidation sites excluding steroid dienone is 2. The Morgan fingerprint density at radius 1 is 1.32 bits per heavy atom. The summed E-state index contributed by atoms with van der Waals surface area (Å²) in [6, 6.07) is 1.80. The molecule has 1 fully saturated rings. The first kappa shape index (κ1) is 15.3. The van der Waals surface area contributed by atoms with Crippen molar-refractivity contribution < 1.29 is 14.3 Å². The van der Waals surface area contributed by atoms with Crippen molar-refractivity contribution in [1.82, 2.24) is 0 Å². The lowest BCUT2D eigenvalue weighted by molar-refractivity contribution is 0.177. The lowest BCUT2D eigenvalue weighted by Gasteiger charge is -2.40. The summed E-state index contributed by atoms with van der Waals surface area (Å²) in [4.78, 5) is 12.1. The highest BCUT2D eigenvalue weighted by atomic mass is 16.5. The fourth-order valence-corrected chi connectivity index (χ4v) is 4.17. The Morgan fingerprint density at radius 3 is 2.82 bits per heavy atom. The van der Waals surface area contributed by atoms with Crippen molar-refractivity contribution in [3.05, 3.63) is 40.0 Å². The van der Waals surface area contributed by atoms with Crippen LogP contribution in [-0.2, 0) is 6.61 Å². The molecule has 0 unspecified atom stereocenters. The summed E-state index contributed by atoms with van der Waals surface area (Å²) in [5, 5.41) is 9.32. The standard InChI is InChI=1S/C18H24O4/c1-11-7-8-12-5-3-4-6-13(12)17(11)16-9-15(21-2)14(10-19)18(20)22-16/h7-9,11-13,17,19H,3-6,10H2,1-2H3/t11-,12+,13+,17+/m1/s1. The van der Waals surface area contributed by atoms with Crippen molar-refractivity contribution in [2.45, 2.75) is 45.1 Å². The second-order valence-electron chi connectivity index (χ2n) is 6.52. The first-order valence-corrected chi connectivity index (χ1v) is 8.15. The number of rotatable bonds is 3. The van der Waals surface area contributed by atoms with Crippen molar-refractivity contribution in [3.63, 3.8) is 0 Å². The van der Waals surface area contributed by atoms with E-state index in [1.165, 1.54) is 32.8 Å². The van der Waals surface area contributed by atoms with Crippen LogP contribution in [-0.4, -0.2) is 12.2 Å². The predicted molar refractivity (Wildman–Crippen MR) is 83.9 cm³/mol. The first-order chi connectivity index (χ1) is 10.7. The minimum Gasteiger partial charge on any atom is -0.496 e. The summed E-state index contributed by atoms with van der Waals surface area (Å²) in [5.41, 5.74) is -0.281. The van der Waals surface area contributed by atoms with Crippen LogP contribution in [0.1, 0.15) is 49.8 Å². The van der Waals surface area contributed by atoms with Gasteiger partial charge in [0.25, 0.3) is 0 Å². The molecule has 1 aromatic rings. The van der Waals surface area contributed by atoms with Crippen LogP contribution in [0.5, 0.6) is 5.75 Å². The second-order valence-corrected chi connectivity index (χ2v) is 6.52. The predicted octanol–water partition coefficient (Wildman–Crippen LogP) is 3.24. The molecule has 3 rings (SSSR count). The van der Waals surface area contributed by atoms with E-state index in [4.69, 9.17) is 9.15 Å². The molecule has 1 saturated carbocycles. The van der Waals surface area contributed by atoms with E-state index in [2.05, 4.69) is 19.1 Å². The fourth-order valence-electron chi connectivity index (χ4n) is 4.17. The smallest absolute Gasteiger partial charge is 0.345 e. The van der Waals surface area contributed by atoms with Gasteiger partial charge in [0.1, 0.15) is 17.1 Å². The maximum Gasteiger partial charge on any atom is 0.345 e. The van der Waals surface area contributed by atoms with Crippen LogP contribution < -0.4 is 10.4 Å². The number of aliphatic hydroxyl groups is 1. The van der Waals surface area contributed by atoms with Gasteiger partial charge in [0.05, 0.1) is 13.7 Å². The highest BCUT2D eigenvalue weighted by Crippen LogP contribution is 2.48. The summed E-state index contributed by atoms with van der Waals surface area (Å²) in [7, 11) is 1.52. The van der Waals surface area contributed by atoms with Gasteiger partial charge < -0.3 is 14.3 Å². The second kappa shape index (κ2) is 6.29. The molecule has 4 heteroatoms. The largest absolute Gasteiger partial charge is 0.496 e. The Hall–Kier alpha value is -1.55. The van der Waals surface area contributed by atoms with Gasteiger partial charge in [-0.25, -0.2) is 4.79 Å². The van der Waals surface area contributed by atoms with Gasteiger partial charge >= 0.3 is 5.63 Å². The molecular formula is C18H24O4. The molecule has 0 saturated heterocycles. The van der Waals surface area contributed by atoms with Gasteiger partial charge in [0, 0.05) is 12.0 Å². The number of hydrogen-bond donors (Lipinski definition) is 1. The molecule has 1 aromatic heterocycles. The minimum absolute atomic E-state index is 0.199. The molecule has 4 nitrogen and oxygen atoms in total. The van der Waals surface area contributed by atoms with E-state index in [9.17, 15) is 9.90 Å². The maximum atomic E-state index is 12.1. The fraction of sp³-hybridized carbons (Fsp3) is 0.611. The first-order valence-electron chi connectivity index (χ1n) is 8.15. The van der Waals surface area contributed by atoms with Crippen LogP contribution in [0.2, 0.25) is 0 Å². The van der Waals surface area contributed by atoms with E-state index in [0.29, 0.717) is 29.3 Å². The molecule has 2 aliphatic carbocycles. The normalized spacial score (nSPS) is 30.9. The van der Waals surface area contributed by atoms with Crippen molar-refractivity contribution in [2.24, 2.45) is 17.8 Å². The summed E-state index contributed by atoms with van der Waals surface area (Å²) in [5.74, 6) is 2.80. The van der Waals surface area contributed by atoms with Crippen molar-refractivity contribution in [2.75, 3.05) is 7.11 Å². The summed E-state index contributed by atoms with van der Waals surface area (Å²) >= 11 is 0. The average Bonchev–Trinajstić information content (AvgIpc) is 2.53. The van der Waals surface area contributed by atoms with Gasteiger partial charge in [0.15, 0.2) is 0 Å². The number of fused-ring (bicyclic) bond motifs is 1. The molecule has 120 valence electrons. The van der Waals surface area contributed by atoms with E-state index in [1.807, 2.05) is 0 Å². The van der Waals surface area contributed by atoms with E-state index >= 15 is 0 Å². The molecule has 0 bridgehead atoms. The molecule has 0 aromatic carbocycles. The molecule has 0 amide bonds. The number of aliphatic hydroxyl groups excluding tert-OH is 1. The quantitative estimate of drug-likeness (QED) is 0.871. The molecule has 0 spiro atoms. The van der Waals surface area contributed by atoms with Gasteiger partial charge in [-0.15, -0.1) is 0 Å². The van der Waals surface area contributed by atoms with Crippen LogP contribution in [0.4, 0.5) is 0 Å². The van der Waals surface area contributed by atoms with Crippen LogP contribution >= 0.6 is 0 Å². The molecule has 1 heterocycles. The summed E-state index contributed by atoms with van der Waals surface area (Å²) < 4.78 is 10.9. The average molecular weight is 304 g/mol. The van der Waals surface area contributed by atoms with E-state index < -0.39 is 5.63 Å². The zero-order chi connectivity index (χ0) is 15.7. The highest BCUT2D eigenvalue weighted by molar-refractivity contribution is 5.33. The third kappa shape index (κ3) is 2.60. The number of ether oxygens (including phenoxy) is 1. The summed E-state index contributed by atoms with van der Waals surface area (Å²) in [6.45, 7) is 1.82. The van der Waals surface area contributed by atoms with Gasteiger partial charge in [-0.3, -0.25) is 0 Å². The number of hydrogen-bond acceptors (Lipinski definition) is 4. The van der Waals surface area contributed by atoms with Gasteiger partial charge in [-0.05, 0) is 30.6 Å². The molecular weight excluding hydrogens is 280 g/mol. The topological polar surface area (TPSA) is 59.7 Å². The molecule has 4 atom stereocenters. The molecule has 1 N–H and O–H groups in total. The zero-order valence-electron chi connectivity index (χ0n) is 13.2. The van der Waals surface area contributed by atoms with Gasteiger partial charge in [-0.2, -0.15) is 0 Å². The van der Waals surface area contributed by atoms with Crippen molar-refractivity contribution in [3.8, 4) is 5.75 Å². The third-order valence-electron chi connectivity index (χ3n) is 5.30. The molecule has 0 radical (unpaired) electrons. The van der Waals surface area contributed by atoms with E-state index in [1.54, 1.807) is 6.07 Å². The lowest BCUT2D eigenvalue weighted by atomic mass is 9.64. The lowest BCUT2D eigenvalue weighted by Crippen LogP contribution is -2.31. The van der Waals surface area contributed by atoms with E-state index in [-0.39, 0.29) is 18.1 Å². The molecule has 0 aliphatic heterocycles. The Morgan fingerprint density at radius 2 is 2.09 bits per heavy atom. The number of methoxy groups -OCH3 is 1. The van der Waals surface area contributed by atoms with Gasteiger partial charge in [-0.1, -0.05) is 31.9 Å².